The van der Waals surface area contributed by atoms with E-state index < -0.39 is 0 Å². The highest BCUT2D eigenvalue weighted by molar-refractivity contribution is 6.32. The molecule has 2 aromatic carbocycles. The van der Waals surface area contributed by atoms with Crippen molar-refractivity contribution in [3.8, 4) is 11.5 Å². The minimum absolute atomic E-state index is 0.209. The number of benzene rings is 2. The van der Waals surface area contributed by atoms with Crippen LogP contribution in [0.2, 0.25) is 5.02 Å². The minimum atomic E-state index is -0.209. The topological polar surface area (TPSA) is 47.6 Å². The largest absolute Gasteiger partial charge is 0.489 e. The van der Waals surface area contributed by atoms with Crippen molar-refractivity contribution in [1.29, 1.82) is 0 Å². The minimum Gasteiger partial charge on any atom is -0.489 e. The van der Waals surface area contributed by atoms with E-state index in [1.54, 1.807) is 12.1 Å². The molecule has 118 valence electrons. The van der Waals surface area contributed by atoms with Crippen LogP contribution in [0.4, 0.5) is 5.69 Å². The lowest BCUT2D eigenvalue weighted by Crippen LogP contribution is -2.07. The van der Waals surface area contributed by atoms with Gasteiger partial charge in [-0.3, -0.25) is 4.79 Å². The summed E-state index contributed by atoms with van der Waals surface area (Å²) in [6.07, 6.45) is 3.97. The van der Waals surface area contributed by atoms with Crippen LogP contribution in [-0.4, -0.2) is 19.1 Å². The Morgan fingerprint density at radius 3 is 2.74 bits per heavy atom. The molecule has 0 saturated heterocycles. The molecule has 2 aromatic rings. The summed E-state index contributed by atoms with van der Waals surface area (Å²) >= 11 is 6.23. The number of nitrogens with one attached hydrogen (secondary N) is 1. The highest BCUT2D eigenvalue weighted by Crippen LogP contribution is 2.38. The Labute approximate surface area is 139 Å². The number of halogens is 1. The number of hydrogen-bond acceptors (Lipinski definition) is 3. The fourth-order valence-electron chi connectivity index (χ4n) is 2.22. The molecule has 0 aliphatic carbocycles. The maximum Gasteiger partial charge on any atom is 0.248 e. The van der Waals surface area contributed by atoms with Crippen molar-refractivity contribution in [3.63, 3.8) is 0 Å². The van der Waals surface area contributed by atoms with Gasteiger partial charge in [-0.05, 0) is 35.9 Å². The third-order valence-corrected chi connectivity index (χ3v) is 3.57. The van der Waals surface area contributed by atoms with Crippen LogP contribution in [-0.2, 0) is 4.79 Å². The molecule has 23 heavy (non-hydrogen) atoms. The fraction of sp³-hybridized carbons (Fsp3) is 0.167. The van der Waals surface area contributed by atoms with E-state index in [9.17, 15) is 4.79 Å². The van der Waals surface area contributed by atoms with Crippen molar-refractivity contribution in [2.75, 3.05) is 18.5 Å². The number of para-hydroxylation sites is 1. The summed E-state index contributed by atoms with van der Waals surface area (Å²) < 4.78 is 11.2. The van der Waals surface area contributed by atoms with Crippen molar-refractivity contribution in [2.45, 2.75) is 6.42 Å². The Hall–Kier alpha value is -2.46. The van der Waals surface area contributed by atoms with Crippen molar-refractivity contribution in [1.82, 2.24) is 0 Å². The molecule has 1 aliphatic heterocycles. The first-order chi connectivity index (χ1) is 11.2. The number of carbonyl (C=O) groups excluding carboxylic acids is 1. The van der Waals surface area contributed by atoms with E-state index in [-0.39, 0.29) is 5.91 Å². The third kappa shape index (κ3) is 4.05. The van der Waals surface area contributed by atoms with Gasteiger partial charge in [0.15, 0.2) is 11.5 Å². The second kappa shape index (κ2) is 7.20. The van der Waals surface area contributed by atoms with Crippen molar-refractivity contribution in [2.24, 2.45) is 0 Å². The van der Waals surface area contributed by atoms with Crippen molar-refractivity contribution >= 4 is 29.3 Å². The first kappa shape index (κ1) is 15.4. The third-order valence-electron chi connectivity index (χ3n) is 3.29. The van der Waals surface area contributed by atoms with Gasteiger partial charge < -0.3 is 14.8 Å². The SMILES string of the molecule is O=C(C=Cc1cc(Cl)c2c(c1)OCCCO2)Nc1ccccc1. The summed E-state index contributed by atoms with van der Waals surface area (Å²) in [6, 6.07) is 12.9. The van der Waals surface area contributed by atoms with Crippen LogP contribution in [0.15, 0.2) is 48.5 Å². The Balaban J connectivity index is 1.73. The van der Waals surface area contributed by atoms with Gasteiger partial charge in [-0.1, -0.05) is 29.8 Å². The number of hydrogen-bond donors (Lipinski definition) is 1. The van der Waals surface area contributed by atoms with Crippen molar-refractivity contribution < 1.29 is 14.3 Å². The normalized spacial score (nSPS) is 13.6. The molecule has 0 radical (unpaired) electrons. The molecule has 0 spiro atoms. The first-order valence-corrected chi connectivity index (χ1v) is 7.73. The predicted octanol–water partition coefficient (Wildman–Crippen LogP) is 4.15. The number of rotatable bonds is 3. The van der Waals surface area contributed by atoms with E-state index >= 15 is 0 Å². The Kier molecular flexibility index (Phi) is 4.83. The van der Waals surface area contributed by atoms with Crippen LogP contribution in [0.5, 0.6) is 11.5 Å². The van der Waals surface area contributed by atoms with Gasteiger partial charge in [0.2, 0.25) is 5.91 Å². The Morgan fingerprint density at radius 1 is 1.13 bits per heavy atom. The molecular formula is C18H16ClNO3. The van der Waals surface area contributed by atoms with Gasteiger partial charge in [0.1, 0.15) is 0 Å². The Bertz CT molecular complexity index is 729. The summed E-state index contributed by atoms with van der Waals surface area (Å²) in [4.78, 5) is 11.9. The maximum atomic E-state index is 11.9. The lowest BCUT2D eigenvalue weighted by atomic mass is 10.2. The van der Waals surface area contributed by atoms with Crippen LogP contribution in [0, 0.1) is 0 Å². The summed E-state index contributed by atoms with van der Waals surface area (Å²) in [5.74, 6) is 0.965. The van der Waals surface area contributed by atoms with Gasteiger partial charge in [0, 0.05) is 18.2 Å². The number of carbonyl (C=O) groups is 1. The van der Waals surface area contributed by atoms with E-state index in [1.807, 2.05) is 36.4 Å². The number of amides is 1. The van der Waals surface area contributed by atoms with E-state index in [4.69, 9.17) is 21.1 Å². The van der Waals surface area contributed by atoms with Gasteiger partial charge >= 0.3 is 0 Å². The summed E-state index contributed by atoms with van der Waals surface area (Å²) in [6.45, 7) is 1.17. The van der Waals surface area contributed by atoms with Gasteiger partial charge in [0.05, 0.1) is 18.2 Å². The van der Waals surface area contributed by atoms with E-state index in [0.29, 0.717) is 29.7 Å². The zero-order valence-corrected chi connectivity index (χ0v) is 13.2. The number of fused-ring (bicyclic) bond motifs is 1. The van der Waals surface area contributed by atoms with Gasteiger partial charge in [-0.2, -0.15) is 0 Å². The summed E-state index contributed by atoms with van der Waals surface area (Å²) in [7, 11) is 0. The predicted molar refractivity (Wildman–Crippen MR) is 91.2 cm³/mol. The molecular weight excluding hydrogens is 314 g/mol. The molecule has 1 amide bonds. The summed E-state index contributed by atoms with van der Waals surface area (Å²) in [5, 5.41) is 3.26. The maximum absolute atomic E-state index is 11.9. The van der Waals surface area contributed by atoms with Gasteiger partial charge in [0.25, 0.3) is 0 Å². The average Bonchev–Trinajstić information content (AvgIpc) is 2.80. The number of ether oxygens (including phenoxy) is 2. The monoisotopic (exact) mass is 329 g/mol. The molecule has 4 nitrogen and oxygen atoms in total. The van der Waals surface area contributed by atoms with Crippen LogP contribution in [0.3, 0.4) is 0 Å². The molecule has 0 unspecified atom stereocenters. The first-order valence-electron chi connectivity index (χ1n) is 7.35. The average molecular weight is 330 g/mol. The highest BCUT2D eigenvalue weighted by Gasteiger charge is 2.14. The zero-order valence-electron chi connectivity index (χ0n) is 12.4. The lowest BCUT2D eigenvalue weighted by molar-refractivity contribution is -0.111. The molecule has 3 rings (SSSR count). The van der Waals surface area contributed by atoms with Crippen LogP contribution >= 0.6 is 11.6 Å². The summed E-state index contributed by atoms with van der Waals surface area (Å²) in [5.41, 5.74) is 1.53. The molecule has 5 heteroatoms. The lowest BCUT2D eigenvalue weighted by Gasteiger charge is -2.10. The number of anilines is 1. The van der Waals surface area contributed by atoms with Gasteiger partial charge in [-0.15, -0.1) is 0 Å². The van der Waals surface area contributed by atoms with Crippen LogP contribution in [0.25, 0.3) is 6.08 Å². The molecule has 0 atom stereocenters. The highest BCUT2D eigenvalue weighted by atomic mass is 35.5. The molecule has 0 saturated carbocycles. The molecule has 0 aromatic heterocycles. The quantitative estimate of drug-likeness (QED) is 0.860. The van der Waals surface area contributed by atoms with Gasteiger partial charge in [-0.25, -0.2) is 0 Å². The Morgan fingerprint density at radius 2 is 1.91 bits per heavy atom. The van der Waals surface area contributed by atoms with Crippen molar-refractivity contribution in [3.05, 3.63) is 59.1 Å². The second-order valence-electron chi connectivity index (χ2n) is 5.07. The van der Waals surface area contributed by atoms with Crippen LogP contribution < -0.4 is 14.8 Å². The van der Waals surface area contributed by atoms with E-state index in [0.717, 1.165) is 17.7 Å². The zero-order chi connectivity index (χ0) is 16.1. The smallest absolute Gasteiger partial charge is 0.248 e. The van der Waals surface area contributed by atoms with Crippen LogP contribution in [0.1, 0.15) is 12.0 Å². The molecule has 0 fully saturated rings. The second-order valence-corrected chi connectivity index (χ2v) is 5.48. The molecule has 0 bridgehead atoms. The van der Waals surface area contributed by atoms with E-state index in [1.165, 1.54) is 6.08 Å². The molecule has 1 heterocycles. The molecule has 1 aliphatic rings. The van der Waals surface area contributed by atoms with E-state index in [2.05, 4.69) is 5.32 Å². The fourth-order valence-corrected chi connectivity index (χ4v) is 2.50. The standard InChI is InChI=1S/C18H16ClNO3/c19-15-11-13(12-16-18(15)23-10-4-9-22-16)7-8-17(21)20-14-5-2-1-3-6-14/h1-3,5-8,11-12H,4,9-10H2,(H,20,21). The molecule has 1 N–H and O–H groups in total.